The predicted molar refractivity (Wildman–Crippen MR) is 84.7 cm³/mol. The zero-order valence-electron chi connectivity index (χ0n) is 13.7. The first kappa shape index (κ1) is 15.6. The van der Waals surface area contributed by atoms with Crippen LogP contribution in [0.2, 0.25) is 0 Å². The van der Waals surface area contributed by atoms with E-state index in [2.05, 4.69) is 43.8 Å². The van der Waals surface area contributed by atoms with Crippen molar-refractivity contribution in [3.8, 4) is 0 Å². The van der Waals surface area contributed by atoms with Gasteiger partial charge in [-0.05, 0) is 44.1 Å². The normalized spacial score (nSPS) is 19.6. The highest BCUT2D eigenvalue weighted by molar-refractivity contribution is 5.08. The lowest BCUT2D eigenvalue weighted by molar-refractivity contribution is 0.148. The van der Waals surface area contributed by atoms with E-state index in [0.717, 1.165) is 19.0 Å². The Bertz CT molecular complexity index is 402. The minimum absolute atomic E-state index is 0.405. The van der Waals surface area contributed by atoms with Gasteiger partial charge in [0, 0.05) is 18.9 Å². The first-order chi connectivity index (χ1) is 9.63. The molecule has 0 aliphatic heterocycles. The summed E-state index contributed by atoms with van der Waals surface area (Å²) in [6.45, 7) is 11.2. The van der Waals surface area contributed by atoms with E-state index in [4.69, 9.17) is 4.98 Å². The third-order valence-electron chi connectivity index (χ3n) is 4.78. The number of nitrogens with zero attached hydrogens (tertiary/aromatic N) is 2. The summed E-state index contributed by atoms with van der Waals surface area (Å²) in [4.78, 5) is 4.70. The summed E-state index contributed by atoms with van der Waals surface area (Å²) in [5.41, 5.74) is 0.405. The van der Waals surface area contributed by atoms with E-state index in [-0.39, 0.29) is 0 Å². The van der Waals surface area contributed by atoms with Crippen LogP contribution in [0.1, 0.15) is 71.7 Å². The SMILES string of the molecule is CCNC(c1nccn1CC)C1(CC(C)C)CCCC1. The second-order valence-corrected chi connectivity index (χ2v) is 6.73. The second-order valence-electron chi connectivity index (χ2n) is 6.73. The van der Waals surface area contributed by atoms with Gasteiger partial charge < -0.3 is 9.88 Å². The molecule has 20 heavy (non-hydrogen) atoms. The van der Waals surface area contributed by atoms with Gasteiger partial charge in [-0.15, -0.1) is 0 Å². The van der Waals surface area contributed by atoms with Crippen LogP contribution in [0.5, 0.6) is 0 Å². The maximum atomic E-state index is 4.70. The molecule has 1 aliphatic rings. The molecule has 0 radical (unpaired) electrons. The van der Waals surface area contributed by atoms with E-state index in [9.17, 15) is 0 Å². The molecule has 0 bridgehead atoms. The van der Waals surface area contributed by atoms with Crippen LogP contribution in [-0.4, -0.2) is 16.1 Å². The monoisotopic (exact) mass is 277 g/mol. The van der Waals surface area contributed by atoms with E-state index in [1.807, 2.05) is 6.20 Å². The lowest BCUT2D eigenvalue weighted by Gasteiger charge is -2.39. The number of nitrogens with one attached hydrogen (secondary N) is 1. The summed E-state index contributed by atoms with van der Waals surface area (Å²) >= 11 is 0. The molecule has 1 N–H and O–H groups in total. The Labute approximate surface area is 124 Å². The number of aromatic nitrogens is 2. The molecule has 0 aromatic carbocycles. The Hall–Kier alpha value is -0.830. The first-order valence-electron chi connectivity index (χ1n) is 8.37. The third-order valence-corrected chi connectivity index (χ3v) is 4.78. The Morgan fingerprint density at radius 2 is 2.00 bits per heavy atom. The van der Waals surface area contributed by atoms with E-state index < -0.39 is 0 Å². The molecule has 3 nitrogen and oxygen atoms in total. The lowest BCUT2D eigenvalue weighted by Crippen LogP contribution is -2.39. The predicted octanol–water partition coefficient (Wildman–Crippen LogP) is 4.16. The number of hydrogen-bond acceptors (Lipinski definition) is 2. The lowest BCUT2D eigenvalue weighted by atomic mass is 9.72. The van der Waals surface area contributed by atoms with Crippen molar-refractivity contribution in [2.24, 2.45) is 11.3 Å². The maximum absolute atomic E-state index is 4.70. The largest absolute Gasteiger partial charge is 0.334 e. The van der Waals surface area contributed by atoms with Gasteiger partial charge in [0.05, 0.1) is 6.04 Å². The van der Waals surface area contributed by atoms with Crippen LogP contribution in [0.3, 0.4) is 0 Å². The molecule has 0 saturated heterocycles. The summed E-state index contributed by atoms with van der Waals surface area (Å²) < 4.78 is 2.31. The maximum Gasteiger partial charge on any atom is 0.126 e. The van der Waals surface area contributed by atoms with Crippen LogP contribution < -0.4 is 5.32 Å². The zero-order chi connectivity index (χ0) is 14.6. The molecule has 114 valence electrons. The van der Waals surface area contributed by atoms with Crippen molar-refractivity contribution in [3.63, 3.8) is 0 Å². The molecule has 3 heteroatoms. The van der Waals surface area contributed by atoms with Crippen LogP contribution in [-0.2, 0) is 6.54 Å². The zero-order valence-corrected chi connectivity index (χ0v) is 13.7. The topological polar surface area (TPSA) is 29.9 Å². The Kier molecular flexibility index (Phi) is 5.25. The molecule has 0 spiro atoms. The van der Waals surface area contributed by atoms with E-state index in [1.165, 1.54) is 37.9 Å². The van der Waals surface area contributed by atoms with E-state index in [0.29, 0.717) is 11.5 Å². The Morgan fingerprint density at radius 3 is 2.55 bits per heavy atom. The molecule has 0 amide bonds. The Morgan fingerprint density at radius 1 is 1.30 bits per heavy atom. The van der Waals surface area contributed by atoms with Gasteiger partial charge in [-0.3, -0.25) is 0 Å². The number of hydrogen-bond donors (Lipinski definition) is 1. The van der Waals surface area contributed by atoms with Crippen LogP contribution in [0, 0.1) is 11.3 Å². The molecule has 1 aromatic heterocycles. The highest BCUT2D eigenvalue weighted by Gasteiger charge is 2.43. The van der Waals surface area contributed by atoms with Crippen LogP contribution in [0.15, 0.2) is 12.4 Å². The van der Waals surface area contributed by atoms with Gasteiger partial charge in [-0.1, -0.05) is 33.6 Å². The molecule has 1 saturated carbocycles. The fraction of sp³-hybridized carbons (Fsp3) is 0.824. The van der Waals surface area contributed by atoms with Crippen LogP contribution >= 0.6 is 0 Å². The summed E-state index contributed by atoms with van der Waals surface area (Å²) in [6, 6.07) is 0.410. The van der Waals surface area contributed by atoms with Crippen molar-refractivity contribution in [3.05, 3.63) is 18.2 Å². The van der Waals surface area contributed by atoms with Crippen molar-refractivity contribution in [2.45, 2.75) is 72.4 Å². The van der Waals surface area contributed by atoms with Crippen molar-refractivity contribution in [2.75, 3.05) is 6.54 Å². The summed E-state index contributed by atoms with van der Waals surface area (Å²) in [5, 5.41) is 3.76. The highest BCUT2D eigenvalue weighted by atomic mass is 15.1. The van der Waals surface area contributed by atoms with Crippen molar-refractivity contribution in [1.29, 1.82) is 0 Å². The van der Waals surface area contributed by atoms with Gasteiger partial charge in [-0.2, -0.15) is 0 Å². The standard InChI is InChI=1S/C17H31N3/c1-5-18-15(16-19-11-12-20(16)6-2)17(13-14(3)4)9-7-8-10-17/h11-12,14-15,18H,5-10,13H2,1-4H3. The van der Waals surface area contributed by atoms with Crippen LogP contribution in [0.25, 0.3) is 0 Å². The van der Waals surface area contributed by atoms with Gasteiger partial charge in [0.25, 0.3) is 0 Å². The first-order valence-corrected chi connectivity index (χ1v) is 8.37. The minimum Gasteiger partial charge on any atom is -0.334 e. The fourth-order valence-corrected chi connectivity index (χ4v) is 4.14. The van der Waals surface area contributed by atoms with E-state index >= 15 is 0 Å². The highest BCUT2D eigenvalue weighted by Crippen LogP contribution is 2.51. The summed E-state index contributed by atoms with van der Waals surface area (Å²) in [5.74, 6) is 2.00. The number of rotatable bonds is 7. The minimum atomic E-state index is 0.405. The quantitative estimate of drug-likeness (QED) is 0.811. The number of imidazole rings is 1. The summed E-state index contributed by atoms with van der Waals surface area (Å²) in [6.07, 6.45) is 10.8. The molecule has 1 fully saturated rings. The van der Waals surface area contributed by atoms with Gasteiger partial charge in [-0.25, -0.2) is 4.98 Å². The van der Waals surface area contributed by atoms with Crippen molar-refractivity contribution >= 4 is 0 Å². The van der Waals surface area contributed by atoms with Crippen molar-refractivity contribution < 1.29 is 0 Å². The molecule has 1 heterocycles. The van der Waals surface area contributed by atoms with Gasteiger partial charge >= 0.3 is 0 Å². The summed E-state index contributed by atoms with van der Waals surface area (Å²) in [7, 11) is 0. The molecule has 2 rings (SSSR count). The molecular weight excluding hydrogens is 246 g/mol. The Balaban J connectivity index is 2.34. The average molecular weight is 277 g/mol. The third kappa shape index (κ3) is 3.08. The van der Waals surface area contributed by atoms with Gasteiger partial charge in [0.1, 0.15) is 5.82 Å². The molecule has 1 aliphatic carbocycles. The molecule has 1 atom stereocenters. The van der Waals surface area contributed by atoms with Crippen molar-refractivity contribution in [1.82, 2.24) is 14.9 Å². The van der Waals surface area contributed by atoms with E-state index in [1.54, 1.807) is 0 Å². The number of aryl methyl sites for hydroxylation is 1. The molecular formula is C17H31N3. The smallest absolute Gasteiger partial charge is 0.126 e. The van der Waals surface area contributed by atoms with Gasteiger partial charge in [0.15, 0.2) is 0 Å². The average Bonchev–Trinajstić information content (AvgIpc) is 3.04. The molecule has 1 unspecified atom stereocenters. The molecule has 1 aromatic rings. The van der Waals surface area contributed by atoms with Gasteiger partial charge in [0.2, 0.25) is 0 Å². The van der Waals surface area contributed by atoms with Crippen LogP contribution in [0.4, 0.5) is 0 Å². The fourth-order valence-electron chi connectivity index (χ4n) is 4.14. The second kappa shape index (κ2) is 6.75.